The zero-order valence-corrected chi connectivity index (χ0v) is 11.7. The zero-order chi connectivity index (χ0) is 12.5. The average molecular weight is 228 g/mol. The molecule has 0 bridgehead atoms. The van der Waals surface area contributed by atoms with Crippen molar-refractivity contribution in [2.24, 2.45) is 11.3 Å². The predicted molar refractivity (Wildman–Crippen MR) is 68.5 cm³/mol. The molecule has 3 nitrogen and oxygen atoms in total. The largest absolute Gasteiger partial charge is 0.391 e. The maximum atomic E-state index is 10.1. The lowest BCUT2D eigenvalue weighted by molar-refractivity contribution is 0.0328. The van der Waals surface area contributed by atoms with Gasteiger partial charge in [-0.15, -0.1) is 0 Å². The van der Waals surface area contributed by atoms with E-state index in [4.69, 9.17) is 0 Å². The first-order valence-electron chi connectivity index (χ1n) is 6.28. The van der Waals surface area contributed by atoms with Crippen molar-refractivity contribution in [2.45, 2.75) is 39.8 Å². The maximum Gasteiger partial charge on any atom is 0.0715 e. The molecule has 3 atom stereocenters. The highest BCUT2D eigenvalue weighted by molar-refractivity contribution is 4.88. The van der Waals surface area contributed by atoms with Crippen molar-refractivity contribution in [2.75, 3.05) is 33.7 Å². The molecule has 0 aromatic carbocycles. The summed E-state index contributed by atoms with van der Waals surface area (Å²) in [5.41, 5.74) is -0.0144. The molecule has 0 amide bonds. The highest BCUT2D eigenvalue weighted by atomic mass is 16.3. The van der Waals surface area contributed by atoms with Gasteiger partial charge in [0.25, 0.3) is 0 Å². The van der Waals surface area contributed by atoms with Gasteiger partial charge in [-0.25, -0.2) is 0 Å². The van der Waals surface area contributed by atoms with Crippen LogP contribution in [0.15, 0.2) is 0 Å². The van der Waals surface area contributed by atoms with Crippen LogP contribution < -0.4 is 0 Å². The highest BCUT2D eigenvalue weighted by Gasteiger charge is 2.33. The summed E-state index contributed by atoms with van der Waals surface area (Å²) in [6.45, 7) is 11.6. The zero-order valence-electron chi connectivity index (χ0n) is 11.7. The Kier molecular flexibility index (Phi) is 4.38. The molecule has 0 saturated carbocycles. The average Bonchev–Trinajstić information content (AvgIpc) is 2.45. The van der Waals surface area contributed by atoms with E-state index < -0.39 is 0 Å². The number of rotatable bonds is 3. The molecule has 1 aliphatic heterocycles. The molecule has 3 heteroatoms. The second kappa shape index (κ2) is 5.03. The minimum atomic E-state index is -0.236. The van der Waals surface area contributed by atoms with Crippen molar-refractivity contribution in [1.82, 2.24) is 9.80 Å². The van der Waals surface area contributed by atoms with Crippen LogP contribution in [0.25, 0.3) is 0 Å². The highest BCUT2D eigenvalue weighted by Crippen LogP contribution is 2.24. The van der Waals surface area contributed by atoms with Crippen molar-refractivity contribution in [3.63, 3.8) is 0 Å². The number of aliphatic hydroxyl groups is 1. The molecule has 0 aliphatic carbocycles. The number of hydrogen-bond donors (Lipinski definition) is 1. The topological polar surface area (TPSA) is 26.7 Å². The predicted octanol–water partition coefficient (Wildman–Crippen LogP) is 1.28. The second-order valence-electron chi connectivity index (χ2n) is 6.61. The molecule has 1 fully saturated rings. The lowest BCUT2D eigenvalue weighted by Crippen LogP contribution is -2.40. The third kappa shape index (κ3) is 3.44. The molecule has 96 valence electrons. The summed E-state index contributed by atoms with van der Waals surface area (Å²) in [4.78, 5) is 4.69. The van der Waals surface area contributed by atoms with Crippen LogP contribution in [0, 0.1) is 11.3 Å². The Hall–Kier alpha value is -0.120. The Bertz CT molecular complexity index is 222. The Morgan fingerprint density at radius 2 is 1.88 bits per heavy atom. The number of aliphatic hydroxyl groups excluding tert-OH is 1. The van der Waals surface area contributed by atoms with E-state index in [1.807, 2.05) is 0 Å². The van der Waals surface area contributed by atoms with Gasteiger partial charge in [-0.05, 0) is 25.4 Å². The van der Waals surface area contributed by atoms with Crippen molar-refractivity contribution < 1.29 is 5.11 Å². The van der Waals surface area contributed by atoms with E-state index in [1.165, 1.54) is 0 Å². The Labute approximate surface area is 100 Å². The van der Waals surface area contributed by atoms with Gasteiger partial charge in [0.2, 0.25) is 0 Å². The number of likely N-dealkylation sites (tertiary alicyclic amines) is 1. The van der Waals surface area contributed by atoms with Crippen molar-refractivity contribution in [1.29, 1.82) is 0 Å². The van der Waals surface area contributed by atoms with Crippen LogP contribution in [0.3, 0.4) is 0 Å². The quantitative estimate of drug-likeness (QED) is 0.788. The van der Waals surface area contributed by atoms with E-state index in [9.17, 15) is 5.11 Å². The first kappa shape index (κ1) is 13.9. The van der Waals surface area contributed by atoms with E-state index in [0.29, 0.717) is 12.0 Å². The summed E-state index contributed by atoms with van der Waals surface area (Å²) < 4.78 is 0. The van der Waals surface area contributed by atoms with Crippen molar-refractivity contribution in [3.8, 4) is 0 Å². The first-order valence-corrected chi connectivity index (χ1v) is 6.28. The summed E-state index contributed by atoms with van der Waals surface area (Å²) in [6.07, 6.45) is -0.236. The maximum absolute atomic E-state index is 10.1. The molecule has 0 aromatic rings. The molecular formula is C13H28N2O. The minimum Gasteiger partial charge on any atom is -0.391 e. The summed E-state index contributed by atoms with van der Waals surface area (Å²) in [7, 11) is 4.29. The van der Waals surface area contributed by atoms with Gasteiger partial charge in [-0.2, -0.15) is 0 Å². The molecule has 1 heterocycles. The van der Waals surface area contributed by atoms with Gasteiger partial charge in [0, 0.05) is 25.7 Å². The van der Waals surface area contributed by atoms with Crippen LogP contribution in [0.5, 0.6) is 0 Å². The summed E-state index contributed by atoms with van der Waals surface area (Å²) in [5.74, 6) is 0.696. The van der Waals surface area contributed by atoms with Gasteiger partial charge < -0.3 is 10.0 Å². The Morgan fingerprint density at radius 3 is 2.25 bits per heavy atom. The van der Waals surface area contributed by atoms with Crippen LogP contribution >= 0.6 is 0 Å². The molecule has 1 saturated heterocycles. The van der Waals surface area contributed by atoms with Gasteiger partial charge in [-0.3, -0.25) is 4.90 Å². The number of likely N-dealkylation sites (N-methyl/N-ethyl adjacent to an activating group) is 1. The van der Waals surface area contributed by atoms with Gasteiger partial charge in [0.15, 0.2) is 0 Å². The molecule has 1 rings (SSSR count). The summed E-state index contributed by atoms with van der Waals surface area (Å²) in [6, 6.07) is 0.632. The van der Waals surface area contributed by atoms with Crippen LogP contribution in [-0.2, 0) is 0 Å². The first-order chi connectivity index (χ1) is 7.21. The Balaban J connectivity index is 2.47. The van der Waals surface area contributed by atoms with E-state index in [-0.39, 0.29) is 11.5 Å². The lowest BCUT2D eigenvalue weighted by Gasteiger charge is -2.30. The fourth-order valence-electron chi connectivity index (χ4n) is 2.39. The number of nitrogens with zero attached hydrogens (tertiary/aromatic N) is 2. The Morgan fingerprint density at radius 1 is 1.31 bits per heavy atom. The molecule has 0 aromatic heterocycles. The molecule has 1 aliphatic rings. The third-order valence-corrected chi connectivity index (χ3v) is 3.74. The molecule has 1 N–H and O–H groups in total. The van der Waals surface area contributed by atoms with E-state index in [1.54, 1.807) is 0 Å². The van der Waals surface area contributed by atoms with E-state index in [2.05, 4.69) is 51.6 Å². The fraction of sp³-hybridized carbons (Fsp3) is 1.00. The fourth-order valence-corrected chi connectivity index (χ4v) is 2.39. The van der Waals surface area contributed by atoms with Crippen LogP contribution in [-0.4, -0.2) is 60.8 Å². The smallest absolute Gasteiger partial charge is 0.0715 e. The summed E-state index contributed by atoms with van der Waals surface area (Å²) >= 11 is 0. The SMILES string of the molecule is CC1CN(CC(O)C(C)(C)C)CC1N(C)C. The molecule has 0 spiro atoms. The van der Waals surface area contributed by atoms with E-state index in [0.717, 1.165) is 19.6 Å². The minimum absolute atomic E-state index is 0.0144. The number of β-amino-alcohol motifs (C(OH)–C–C–N with tert-alkyl or cyclic N) is 1. The monoisotopic (exact) mass is 228 g/mol. The van der Waals surface area contributed by atoms with Gasteiger partial charge in [0.05, 0.1) is 6.10 Å². The normalized spacial score (nSPS) is 30.0. The van der Waals surface area contributed by atoms with Crippen LogP contribution in [0.4, 0.5) is 0 Å². The van der Waals surface area contributed by atoms with Gasteiger partial charge >= 0.3 is 0 Å². The standard InChI is InChI=1S/C13H28N2O/c1-10-7-15(8-11(10)14(5)6)9-12(16)13(2,3)4/h10-12,16H,7-9H2,1-6H3. The molecule has 0 radical (unpaired) electrons. The van der Waals surface area contributed by atoms with Crippen molar-refractivity contribution in [3.05, 3.63) is 0 Å². The van der Waals surface area contributed by atoms with E-state index >= 15 is 0 Å². The second-order valence-corrected chi connectivity index (χ2v) is 6.61. The van der Waals surface area contributed by atoms with Gasteiger partial charge in [-0.1, -0.05) is 27.7 Å². The van der Waals surface area contributed by atoms with Crippen molar-refractivity contribution >= 4 is 0 Å². The van der Waals surface area contributed by atoms with Gasteiger partial charge in [0.1, 0.15) is 0 Å². The summed E-state index contributed by atoms with van der Waals surface area (Å²) in [5, 5.41) is 10.1. The van der Waals surface area contributed by atoms with Crippen LogP contribution in [0.2, 0.25) is 0 Å². The lowest BCUT2D eigenvalue weighted by atomic mass is 9.89. The molecule has 3 unspecified atom stereocenters. The molecular weight excluding hydrogens is 200 g/mol. The number of hydrogen-bond acceptors (Lipinski definition) is 3. The third-order valence-electron chi connectivity index (χ3n) is 3.74. The molecule has 16 heavy (non-hydrogen) atoms. The van der Waals surface area contributed by atoms with Crippen LogP contribution in [0.1, 0.15) is 27.7 Å².